The second kappa shape index (κ2) is 5.65. The Balaban J connectivity index is 1.33. The highest BCUT2D eigenvalue weighted by atomic mass is 16.1. The van der Waals surface area contributed by atoms with Gasteiger partial charge in [-0.3, -0.25) is 4.79 Å². The standard InChI is InChI=1S/C19H19N5O/c25-18-8-14-4-3-7-16(14)22-24(18)11-13-9-23(10-13)19-15-5-1-2-6-17(15)20-12-21-19/h1-2,5-6,8,12-13H,3-4,7,9-11H2. The second-order valence-corrected chi connectivity index (χ2v) is 6.98. The molecule has 2 aromatic heterocycles. The van der Waals surface area contributed by atoms with Crippen LogP contribution in [0, 0.1) is 5.92 Å². The van der Waals surface area contributed by atoms with Gasteiger partial charge in [0.2, 0.25) is 0 Å². The molecule has 0 saturated carbocycles. The lowest BCUT2D eigenvalue weighted by Gasteiger charge is -2.40. The smallest absolute Gasteiger partial charge is 0.267 e. The number of hydrogen-bond donors (Lipinski definition) is 0. The van der Waals surface area contributed by atoms with E-state index >= 15 is 0 Å². The molecular weight excluding hydrogens is 314 g/mol. The third kappa shape index (κ3) is 2.49. The molecule has 5 rings (SSSR count). The van der Waals surface area contributed by atoms with Crippen LogP contribution >= 0.6 is 0 Å². The maximum absolute atomic E-state index is 12.2. The zero-order valence-corrected chi connectivity index (χ0v) is 13.9. The number of benzene rings is 1. The minimum atomic E-state index is 0.0339. The lowest BCUT2D eigenvalue weighted by atomic mass is 9.99. The molecule has 3 aromatic rings. The number of hydrogen-bond acceptors (Lipinski definition) is 5. The minimum Gasteiger partial charge on any atom is -0.355 e. The molecule has 0 atom stereocenters. The Morgan fingerprint density at radius 3 is 2.92 bits per heavy atom. The van der Waals surface area contributed by atoms with Crippen LogP contribution in [0.1, 0.15) is 17.7 Å². The first-order valence-electron chi connectivity index (χ1n) is 8.82. The predicted octanol–water partition coefficient (Wildman–Crippen LogP) is 1.81. The van der Waals surface area contributed by atoms with Gasteiger partial charge < -0.3 is 4.90 Å². The van der Waals surface area contributed by atoms with Crippen LogP contribution in [0.2, 0.25) is 0 Å². The van der Waals surface area contributed by atoms with Crippen molar-refractivity contribution >= 4 is 16.7 Å². The Morgan fingerprint density at radius 2 is 2.00 bits per heavy atom. The fourth-order valence-electron chi connectivity index (χ4n) is 3.92. The van der Waals surface area contributed by atoms with Crippen LogP contribution in [0.4, 0.5) is 5.82 Å². The van der Waals surface area contributed by atoms with Gasteiger partial charge in [0.15, 0.2) is 0 Å². The highest BCUT2D eigenvalue weighted by Gasteiger charge is 2.30. The summed E-state index contributed by atoms with van der Waals surface area (Å²) in [5.74, 6) is 1.41. The average Bonchev–Trinajstić information content (AvgIpc) is 3.04. The molecule has 0 spiro atoms. The van der Waals surface area contributed by atoms with Crippen molar-refractivity contribution in [3.05, 3.63) is 58.3 Å². The molecule has 126 valence electrons. The maximum Gasteiger partial charge on any atom is 0.267 e. The first-order chi connectivity index (χ1) is 12.3. The SMILES string of the molecule is O=c1cc2c(nn1CC1CN(c3ncnc4ccccc34)C1)CCC2. The van der Waals surface area contributed by atoms with Crippen LogP contribution in [0.15, 0.2) is 41.5 Å². The first-order valence-corrected chi connectivity index (χ1v) is 8.82. The number of nitrogens with zero attached hydrogens (tertiary/aromatic N) is 5. The molecule has 0 radical (unpaired) electrons. The summed E-state index contributed by atoms with van der Waals surface area (Å²) >= 11 is 0. The summed E-state index contributed by atoms with van der Waals surface area (Å²) in [6, 6.07) is 9.85. The third-order valence-electron chi connectivity index (χ3n) is 5.23. The fourth-order valence-corrected chi connectivity index (χ4v) is 3.92. The summed E-state index contributed by atoms with van der Waals surface area (Å²) in [6.07, 6.45) is 4.73. The summed E-state index contributed by atoms with van der Waals surface area (Å²) in [5.41, 5.74) is 3.25. The van der Waals surface area contributed by atoms with Crippen LogP contribution in [-0.4, -0.2) is 32.8 Å². The van der Waals surface area contributed by atoms with E-state index in [0.717, 1.165) is 60.3 Å². The van der Waals surface area contributed by atoms with E-state index in [-0.39, 0.29) is 5.56 Å². The molecule has 0 unspecified atom stereocenters. The molecule has 25 heavy (non-hydrogen) atoms. The fraction of sp³-hybridized carbons (Fsp3) is 0.368. The Bertz CT molecular complexity index is 1000. The number of para-hydroxylation sites is 1. The quantitative estimate of drug-likeness (QED) is 0.731. The van der Waals surface area contributed by atoms with E-state index in [0.29, 0.717) is 12.5 Å². The molecule has 1 aliphatic heterocycles. The van der Waals surface area contributed by atoms with E-state index in [1.807, 2.05) is 18.2 Å². The number of anilines is 1. The van der Waals surface area contributed by atoms with E-state index in [2.05, 4.69) is 26.0 Å². The van der Waals surface area contributed by atoms with Crippen LogP contribution in [0.3, 0.4) is 0 Å². The normalized spacial score (nSPS) is 16.9. The van der Waals surface area contributed by atoms with Crippen molar-refractivity contribution in [1.29, 1.82) is 0 Å². The van der Waals surface area contributed by atoms with E-state index < -0.39 is 0 Å². The molecule has 0 amide bonds. The van der Waals surface area contributed by atoms with Gasteiger partial charge in [-0.2, -0.15) is 5.10 Å². The van der Waals surface area contributed by atoms with Gasteiger partial charge in [-0.05, 0) is 37.0 Å². The van der Waals surface area contributed by atoms with Gasteiger partial charge in [-0.15, -0.1) is 0 Å². The van der Waals surface area contributed by atoms with Crippen LogP contribution < -0.4 is 10.5 Å². The molecule has 0 bridgehead atoms. The van der Waals surface area contributed by atoms with Gasteiger partial charge in [0.05, 0.1) is 17.8 Å². The van der Waals surface area contributed by atoms with Crippen molar-refractivity contribution in [1.82, 2.24) is 19.7 Å². The monoisotopic (exact) mass is 333 g/mol. The topological polar surface area (TPSA) is 63.9 Å². The van der Waals surface area contributed by atoms with E-state index in [1.165, 1.54) is 0 Å². The molecule has 1 aromatic carbocycles. The Kier molecular flexibility index (Phi) is 3.29. The van der Waals surface area contributed by atoms with Gasteiger partial charge in [0, 0.05) is 30.5 Å². The molecule has 3 heterocycles. The number of aryl methyl sites for hydroxylation is 2. The van der Waals surface area contributed by atoms with E-state index in [1.54, 1.807) is 17.1 Å². The van der Waals surface area contributed by atoms with Crippen molar-refractivity contribution in [2.24, 2.45) is 5.92 Å². The lowest BCUT2D eigenvalue weighted by Crippen LogP contribution is -2.50. The summed E-state index contributed by atoms with van der Waals surface area (Å²) in [5, 5.41) is 5.66. The maximum atomic E-state index is 12.2. The third-order valence-corrected chi connectivity index (χ3v) is 5.23. The molecule has 0 N–H and O–H groups in total. The lowest BCUT2D eigenvalue weighted by molar-refractivity contribution is 0.332. The Labute approximate surface area is 145 Å². The van der Waals surface area contributed by atoms with Gasteiger partial charge in [0.1, 0.15) is 12.1 Å². The molecule has 1 aliphatic carbocycles. The summed E-state index contributed by atoms with van der Waals surface area (Å²) < 4.78 is 1.66. The van der Waals surface area contributed by atoms with E-state index in [9.17, 15) is 4.79 Å². The molecule has 1 saturated heterocycles. The van der Waals surface area contributed by atoms with E-state index in [4.69, 9.17) is 0 Å². The Morgan fingerprint density at radius 1 is 1.12 bits per heavy atom. The molecule has 2 aliphatic rings. The van der Waals surface area contributed by atoms with Gasteiger partial charge in [-0.1, -0.05) is 12.1 Å². The summed E-state index contributed by atoms with van der Waals surface area (Å²) in [4.78, 5) is 23.3. The summed E-state index contributed by atoms with van der Waals surface area (Å²) in [6.45, 7) is 2.48. The molecule has 6 nitrogen and oxygen atoms in total. The number of fused-ring (bicyclic) bond motifs is 2. The molecule has 1 fully saturated rings. The largest absolute Gasteiger partial charge is 0.355 e. The minimum absolute atomic E-state index is 0.0339. The zero-order chi connectivity index (χ0) is 16.8. The van der Waals surface area contributed by atoms with Crippen LogP contribution in [0.5, 0.6) is 0 Å². The van der Waals surface area contributed by atoms with Gasteiger partial charge in [-0.25, -0.2) is 14.6 Å². The number of aromatic nitrogens is 4. The molecule has 6 heteroatoms. The Hall–Kier alpha value is -2.76. The highest BCUT2D eigenvalue weighted by molar-refractivity contribution is 5.89. The molecular formula is C19H19N5O. The van der Waals surface area contributed by atoms with Crippen LogP contribution in [-0.2, 0) is 19.4 Å². The average molecular weight is 333 g/mol. The summed E-state index contributed by atoms with van der Waals surface area (Å²) in [7, 11) is 0. The highest BCUT2D eigenvalue weighted by Crippen LogP contribution is 2.29. The van der Waals surface area contributed by atoms with Crippen molar-refractivity contribution in [2.75, 3.05) is 18.0 Å². The van der Waals surface area contributed by atoms with Gasteiger partial charge >= 0.3 is 0 Å². The van der Waals surface area contributed by atoms with Crippen molar-refractivity contribution in [3.63, 3.8) is 0 Å². The van der Waals surface area contributed by atoms with Gasteiger partial charge in [0.25, 0.3) is 5.56 Å². The van der Waals surface area contributed by atoms with Crippen molar-refractivity contribution in [3.8, 4) is 0 Å². The van der Waals surface area contributed by atoms with Crippen molar-refractivity contribution in [2.45, 2.75) is 25.8 Å². The second-order valence-electron chi connectivity index (χ2n) is 6.98. The van der Waals surface area contributed by atoms with Crippen molar-refractivity contribution < 1.29 is 0 Å². The first kappa shape index (κ1) is 14.6. The predicted molar refractivity (Wildman–Crippen MR) is 95.8 cm³/mol. The zero-order valence-electron chi connectivity index (χ0n) is 13.9. The van der Waals surface area contributed by atoms with Crippen LogP contribution in [0.25, 0.3) is 10.9 Å². The number of rotatable bonds is 3.